The molecule has 0 spiro atoms. The summed E-state index contributed by atoms with van der Waals surface area (Å²) in [6, 6.07) is 6.08. The van der Waals surface area contributed by atoms with Crippen molar-refractivity contribution < 1.29 is 15.0 Å². The minimum atomic E-state index is -1.42. The van der Waals surface area contributed by atoms with Crippen LogP contribution in [0.3, 0.4) is 0 Å². The predicted molar refractivity (Wildman–Crippen MR) is 107 cm³/mol. The lowest BCUT2D eigenvalue weighted by Crippen LogP contribution is -2.20. The smallest absolute Gasteiger partial charge is 0.345 e. The average molecular weight is 381 g/mol. The van der Waals surface area contributed by atoms with Crippen molar-refractivity contribution in [3.05, 3.63) is 51.4 Å². The summed E-state index contributed by atoms with van der Waals surface area (Å²) in [7, 11) is 4.09. The average Bonchev–Trinajstić information content (AvgIpc) is 2.95. The first-order chi connectivity index (χ1) is 13.4. The molecule has 2 heterocycles. The number of aromatic carboxylic acids is 1. The van der Waals surface area contributed by atoms with Crippen LogP contribution < -0.4 is 5.56 Å². The molecule has 0 aliphatic heterocycles. The van der Waals surface area contributed by atoms with Crippen molar-refractivity contribution in [3.8, 4) is 17.0 Å². The number of aromatic amines is 1. The van der Waals surface area contributed by atoms with E-state index in [-0.39, 0.29) is 0 Å². The highest BCUT2D eigenvalue weighted by molar-refractivity contribution is 5.94. The van der Waals surface area contributed by atoms with Gasteiger partial charge < -0.3 is 24.7 Å². The summed E-state index contributed by atoms with van der Waals surface area (Å²) in [5.74, 6) is -1.83. The fraction of sp³-hybridized carbons (Fsp3) is 0.333. The number of H-pyrrole nitrogens is 1. The molecule has 0 radical (unpaired) electrons. The normalized spacial score (nSPS) is 13.4. The molecule has 0 saturated carbocycles. The van der Waals surface area contributed by atoms with Crippen LogP contribution in [0.25, 0.3) is 22.2 Å². The van der Waals surface area contributed by atoms with Gasteiger partial charge in [0.15, 0.2) is 5.56 Å². The van der Waals surface area contributed by atoms with Crippen LogP contribution in [0.5, 0.6) is 5.75 Å². The third-order valence-corrected chi connectivity index (χ3v) is 5.48. The van der Waals surface area contributed by atoms with E-state index in [0.29, 0.717) is 17.7 Å². The molecule has 0 saturated heterocycles. The van der Waals surface area contributed by atoms with E-state index in [9.17, 15) is 19.8 Å². The van der Waals surface area contributed by atoms with Crippen molar-refractivity contribution in [1.82, 2.24) is 14.5 Å². The number of hydrogen-bond donors (Lipinski definition) is 3. The molecule has 1 aliphatic carbocycles. The van der Waals surface area contributed by atoms with Crippen molar-refractivity contribution in [3.63, 3.8) is 0 Å². The Morgan fingerprint density at radius 2 is 1.96 bits per heavy atom. The van der Waals surface area contributed by atoms with Crippen LogP contribution in [0, 0.1) is 0 Å². The standard InChI is InChI=1S/C21H23N3O4/c1-23(2)10-11-24-9-8-13-12-4-3-5-15-18(14(12)6-7-16(13)24)22-20(26)17(19(15)25)21(27)28/h6-9H,3-5,10-11H2,1-2H3,(H,27,28)(H2,22,25,26). The summed E-state index contributed by atoms with van der Waals surface area (Å²) in [5, 5.41) is 20.9. The van der Waals surface area contributed by atoms with Crippen LogP contribution in [0.2, 0.25) is 0 Å². The lowest BCUT2D eigenvalue weighted by Gasteiger charge is -2.14. The Kier molecular flexibility index (Phi) is 4.47. The zero-order valence-corrected chi connectivity index (χ0v) is 16.0. The van der Waals surface area contributed by atoms with Crippen molar-refractivity contribution in [2.45, 2.75) is 25.8 Å². The molecule has 0 fully saturated rings. The zero-order chi connectivity index (χ0) is 20.0. The van der Waals surface area contributed by atoms with E-state index in [1.807, 2.05) is 26.2 Å². The molecule has 0 bridgehead atoms. The molecule has 28 heavy (non-hydrogen) atoms. The molecule has 0 atom stereocenters. The van der Waals surface area contributed by atoms with Gasteiger partial charge >= 0.3 is 5.97 Å². The van der Waals surface area contributed by atoms with Gasteiger partial charge in [0.2, 0.25) is 0 Å². The lowest BCUT2D eigenvalue weighted by molar-refractivity contribution is 0.0691. The number of rotatable bonds is 4. The van der Waals surface area contributed by atoms with Gasteiger partial charge in [-0.3, -0.25) is 4.79 Å². The second-order valence-electron chi connectivity index (χ2n) is 7.53. The summed E-state index contributed by atoms with van der Waals surface area (Å²) in [6.45, 7) is 1.81. The highest BCUT2D eigenvalue weighted by atomic mass is 16.4. The SMILES string of the molecule is CN(C)CCn1ccc2c3c(ccc21)-c1[nH]c(=O)c(C(=O)O)c(O)c1CCC3. The van der Waals surface area contributed by atoms with E-state index in [0.717, 1.165) is 48.0 Å². The number of nitrogens with zero attached hydrogens (tertiary/aromatic N) is 2. The summed E-state index contributed by atoms with van der Waals surface area (Å²) in [5.41, 5.74) is 2.79. The van der Waals surface area contributed by atoms with Crippen LogP contribution in [-0.4, -0.2) is 51.3 Å². The molecule has 1 aliphatic rings. The first kappa shape index (κ1) is 18.3. The van der Waals surface area contributed by atoms with Gasteiger partial charge in [0.25, 0.3) is 5.56 Å². The van der Waals surface area contributed by atoms with Gasteiger partial charge in [-0.2, -0.15) is 0 Å². The van der Waals surface area contributed by atoms with E-state index in [1.165, 1.54) is 0 Å². The van der Waals surface area contributed by atoms with Gasteiger partial charge in [-0.15, -0.1) is 0 Å². The maximum atomic E-state index is 12.3. The third-order valence-electron chi connectivity index (χ3n) is 5.48. The zero-order valence-electron chi connectivity index (χ0n) is 16.0. The Morgan fingerprint density at radius 1 is 1.21 bits per heavy atom. The van der Waals surface area contributed by atoms with Crippen molar-refractivity contribution in [2.24, 2.45) is 0 Å². The Bertz CT molecular complexity index is 1140. The number of hydrogen-bond acceptors (Lipinski definition) is 4. The molecule has 4 rings (SSSR count). The summed E-state index contributed by atoms with van der Waals surface area (Å²) in [6.07, 6.45) is 4.15. The fourth-order valence-electron chi connectivity index (χ4n) is 4.08. The lowest BCUT2D eigenvalue weighted by atomic mass is 9.97. The number of aromatic nitrogens is 2. The van der Waals surface area contributed by atoms with E-state index in [1.54, 1.807) is 0 Å². The van der Waals surface area contributed by atoms with Crippen molar-refractivity contribution >= 4 is 16.9 Å². The molecule has 146 valence electrons. The van der Waals surface area contributed by atoms with Crippen LogP contribution in [0.15, 0.2) is 29.2 Å². The first-order valence-electron chi connectivity index (χ1n) is 9.35. The van der Waals surface area contributed by atoms with Gasteiger partial charge in [-0.25, -0.2) is 4.79 Å². The van der Waals surface area contributed by atoms with Gasteiger partial charge in [0.05, 0.1) is 5.69 Å². The van der Waals surface area contributed by atoms with Crippen LogP contribution in [-0.2, 0) is 19.4 Å². The summed E-state index contributed by atoms with van der Waals surface area (Å²) < 4.78 is 2.22. The van der Waals surface area contributed by atoms with E-state index < -0.39 is 22.8 Å². The largest absolute Gasteiger partial charge is 0.506 e. The quantitative estimate of drug-likeness (QED) is 0.645. The van der Waals surface area contributed by atoms with E-state index in [2.05, 4.69) is 26.7 Å². The fourth-order valence-corrected chi connectivity index (χ4v) is 4.08. The number of nitrogens with one attached hydrogen (secondary N) is 1. The van der Waals surface area contributed by atoms with Gasteiger partial charge in [0, 0.05) is 41.3 Å². The summed E-state index contributed by atoms with van der Waals surface area (Å²) >= 11 is 0. The van der Waals surface area contributed by atoms with Gasteiger partial charge in [0.1, 0.15) is 5.75 Å². The molecule has 3 N–H and O–H groups in total. The van der Waals surface area contributed by atoms with E-state index >= 15 is 0 Å². The van der Waals surface area contributed by atoms with Crippen LogP contribution in [0.4, 0.5) is 0 Å². The molecule has 7 nitrogen and oxygen atoms in total. The van der Waals surface area contributed by atoms with Crippen molar-refractivity contribution in [2.75, 3.05) is 20.6 Å². The Labute approximate surface area is 161 Å². The van der Waals surface area contributed by atoms with Gasteiger partial charge in [-0.1, -0.05) is 6.07 Å². The van der Waals surface area contributed by atoms with Crippen molar-refractivity contribution in [1.29, 1.82) is 0 Å². The monoisotopic (exact) mass is 381 g/mol. The third kappa shape index (κ3) is 2.88. The number of carboxylic acid groups (broad SMARTS) is 1. The number of likely N-dealkylation sites (N-methyl/N-ethyl adjacent to an activating group) is 1. The minimum Gasteiger partial charge on any atom is -0.506 e. The molecule has 0 unspecified atom stereocenters. The molecule has 0 amide bonds. The number of pyridine rings is 1. The molecule has 7 heteroatoms. The molecular formula is C21H23N3O4. The van der Waals surface area contributed by atoms with Crippen LogP contribution in [0.1, 0.15) is 27.9 Å². The highest BCUT2D eigenvalue weighted by Gasteiger charge is 2.26. The highest BCUT2D eigenvalue weighted by Crippen LogP contribution is 2.38. The minimum absolute atomic E-state index is 0.414. The number of aromatic hydroxyl groups is 1. The maximum absolute atomic E-state index is 12.3. The molecule has 2 aromatic heterocycles. The molecule has 3 aromatic rings. The van der Waals surface area contributed by atoms with E-state index in [4.69, 9.17) is 0 Å². The topological polar surface area (TPSA) is 98.6 Å². The van der Waals surface area contributed by atoms with Crippen LogP contribution >= 0.6 is 0 Å². The Balaban J connectivity index is 1.90. The first-order valence-corrected chi connectivity index (χ1v) is 9.35. The molecule has 1 aromatic carbocycles. The number of carboxylic acids is 1. The maximum Gasteiger partial charge on any atom is 0.345 e. The Morgan fingerprint density at radius 3 is 2.68 bits per heavy atom. The number of fused-ring (bicyclic) bond motifs is 5. The number of carbonyl (C=O) groups is 1. The number of benzene rings is 1. The van der Waals surface area contributed by atoms with Gasteiger partial charge in [-0.05, 0) is 51.1 Å². The molecular weight excluding hydrogens is 358 g/mol. The summed E-state index contributed by atoms with van der Waals surface area (Å²) in [4.78, 5) is 28.5. The second-order valence-corrected chi connectivity index (χ2v) is 7.53. The Hall–Kier alpha value is -3.06. The second kappa shape index (κ2) is 6.83. The predicted octanol–water partition coefficient (Wildman–Crippen LogP) is 2.45. The number of aryl methyl sites for hydroxylation is 1.